The zero-order valence-corrected chi connectivity index (χ0v) is 20.8. The molecule has 4 unspecified atom stereocenters. The van der Waals surface area contributed by atoms with E-state index in [9.17, 15) is 4.55 Å². The smallest absolute Gasteiger partial charge is 0.271 e. The predicted octanol–water partition coefficient (Wildman–Crippen LogP) is 3.50. The first kappa shape index (κ1) is 24.2. The average molecular weight is 487 g/mol. The highest BCUT2D eigenvalue weighted by atomic mass is 32.2. The summed E-state index contributed by atoms with van der Waals surface area (Å²) in [4.78, 5) is 8.80. The summed E-state index contributed by atoms with van der Waals surface area (Å²) in [6, 6.07) is 5.50. The largest absolute Gasteiger partial charge is 0.593 e. The van der Waals surface area contributed by atoms with Crippen molar-refractivity contribution in [2.45, 2.75) is 50.9 Å². The lowest BCUT2D eigenvalue weighted by atomic mass is 10.1. The second kappa shape index (κ2) is 10.6. The maximum atomic E-state index is 13.4. The molecule has 0 bridgehead atoms. The van der Waals surface area contributed by atoms with Crippen molar-refractivity contribution in [3.05, 3.63) is 47.8 Å². The number of para-hydroxylation sites is 1. The molecule has 1 N–H and O–H groups in total. The normalized spacial score (nSPS) is 18.4. The predicted molar refractivity (Wildman–Crippen MR) is 129 cm³/mol. The molecule has 11 heteroatoms. The minimum atomic E-state index is -1.52. The third-order valence-corrected chi connectivity index (χ3v) is 7.44. The number of ether oxygens (including phenoxy) is 3. The minimum absolute atomic E-state index is 0.149. The minimum Gasteiger partial charge on any atom is -0.593 e. The molecule has 0 aliphatic carbocycles. The van der Waals surface area contributed by atoms with Crippen LogP contribution in [0.15, 0.2) is 30.6 Å². The average Bonchev–Trinajstić information content (AvgIpc) is 3.53. The van der Waals surface area contributed by atoms with E-state index in [0.717, 1.165) is 18.4 Å². The van der Waals surface area contributed by atoms with Gasteiger partial charge in [0.1, 0.15) is 34.4 Å². The number of hydrogen-bond acceptors (Lipinski definition) is 9. The molecule has 1 aliphatic heterocycles. The van der Waals surface area contributed by atoms with Gasteiger partial charge in [0.05, 0.1) is 31.5 Å². The number of nitrogens with one attached hydrogen (secondary N) is 1. The van der Waals surface area contributed by atoms with Gasteiger partial charge in [-0.1, -0.05) is 13.0 Å². The Labute approximate surface area is 202 Å². The lowest BCUT2D eigenvalue weighted by Gasteiger charge is -2.23. The Bertz CT molecular complexity index is 1080. The summed E-state index contributed by atoms with van der Waals surface area (Å²) in [6.45, 7) is 6.44. The van der Waals surface area contributed by atoms with Gasteiger partial charge in [0, 0.05) is 19.0 Å². The number of benzene rings is 1. The van der Waals surface area contributed by atoms with Crippen molar-refractivity contribution < 1.29 is 18.8 Å². The Morgan fingerprint density at radius 3 is 2.41 bits per heavy atom. The van der Waals surface area contributed by atoms with Gasteiger partial charge in [0.2, 0.25) is 0 Å². The van der Waals surface area contributed by atoms with Crippen LogP contribution in [-0.2, 0) is 16.1 Å². The van der Waals surface area contributed by atoms with Crippen LogP contribution in [0.3, 0.4) is 0 Å². The SMILES string of the molecule is COc1cccc(OC)c1-n1c(N[S+]([O-])C(C)C(C)c2ncc(C)cn2)nnc1C1CCCO1. The molecule has 0 radical (unpaired) electrons. The number of nitrogens with zero attached hydrogens (tertiary/aromatic N) is 5. The highest BCUT2D eigenvalue weighted by molar-refractivity contribution is 7.93. The van der Waals surface area contributed by atoms with Crippen molar-refractivity contribution in [3.63, 3.8) is 0 Å². The molecule has 0 saturated carbocycles. The molecule has 4 atom stereocenters. The zero-order valence-electron chi connectivity index (χ0n) is 20.0. The van der Waals surface area contributed by atoms with Crippen molar-refractivity contribution in [1.29, 1.82) is 0 Å². The van der Waals surface area contributed by atoms with E-state index in [0.29, 0.717) is 41.4 Å². The van der Waals surface area contributed by atoms with E-state index in [1.54, 1.807) is 31.2 Å². The zero-order chi connectivity index (χ0) is 24.2. The van der Waals surface area contributed by atoms with Crippen molar-refractivity contribution >= 4 is 17.3 Å². The van der Waals surface area contributed by atoms with Gasteiger partial charge in [0.25, 0.3) is 5.95 Å². The molecule has 34 heavy (non-hydrogen) atoms. The van der Waals surface area contributed by atoms with Crippen LogP contribution in [0.4, 0.5) is 5.95 Å². The molecule has 1 saturated heterocycles. The summed E-state index contributed by atoms with van der Waals surface area (Å²) >= 11 is -1.52. The molecule has 3 aromatic rings. The fourth-order valence-corrected chi connectivity index (χ4v) is 4.83. The number of rotatable bonds is 9. The van der Waals surface area contributed by atoms with E-state index in [4.69, 9.17) is 14.2 Å². The molecule has 1 aliphatic rings. The van der Waals surface area contributed by atoms with Crippen molar-refractivity contribution in [2.75, 3.05) is 25.5 Å². The van der Waals surface area contributed by atoms with Crippen LogP contribution in [0.1, 0.15) is 55.9 Å². The first-order chi connectivity index (χ1) is 16.4. The quantitative estimate of drug-likeness (QED) is 0.453. The van der Waals surface area contributed by atoms with Crippen molar-refractivity contribution in [3.8, 4) is 17.2 Å². The van der Waals surface area contributed by atoms with Crippen LogP contribution in [0.25, 0.3) is 5.69 Å². The van der Waals surface area contributed by atoms with Crippen molar-refractivity contribution in [1.82, 2.24) is 24.7 Å². The van der Waals surface area contributed by atoms with Gasteiger partial charge in [-0.15, -0.1) is 10.2 Å². The summed E-state index contributed by atoms with van der Waals surface area (Å²) in [5, 5.41) is 8.44. The standard InChI is InChI=1S/C23H30N6O4S/c1-14-12-24-21(25-13-14)15(2)16(3)34(30)28-23-27-26-22(19-10-7-11-33-19)29(23)20-17(31-4)8-6-9-18(20)32-5/h6,8-9,12-13,15-16,19H,7,10-11H2,1-5H3,(H,27,28). The summed E-state index contributed by atoms with van der Waals surface area (Å²) < 4.78 is 35.4. The van der Waals surface area contributed by atoms with Crippen LogP contribution in [0.5, 0.6) is 11.5 Å². The Balaban J connectivity index is 1.69. The van der Waals surface area contributed by atoms with Gasteiger partial charge in [0.15, 0.2) is 5.82 Å². The Morgan fingerprint density at radius 1 is 1.15 bits per heavy atom. The van der Waals surface area contributed by atoms with Gasteiger partial charge in [-0.2, -0.15) is 4.72 Å². The molecule has 182 valence electrons. The van der Waals surface area contributed by atoms with Crippen LogP contribution in [0, 0.1) is 6.92 Å². The molecular formula is C23H30N6O4S. The topological polar surface area (TPSA) is 119 Å². The lowest BCUT2D eigenvalue weighted by molar-refractivity contribution is 0.103. The molecule has 10 nitrogen and oxygen atoms in total. The fraction of sp³-hybridized carbons (Fsp3) is 0.478. The van der Waals surface area contributed by atoms with Gasteiger partial charge < -0.3 is 18.8 Å². The van der Waals surface area contributed by atoms with Crippen LogP contribution >= 0.6 is 0 Å². The summed E-state index contributed by atoms with van der Waals surface area (Å²) in [5.74, 6) is 2.55. The molecule has 0 amide bonds. The summed E-state index contributed by atoms with van der Waals surface area (Å²) in [5.41, 5.74) is 1.59. The third-order valence-electron chi connectivity index (χ3n) is 5.97. The highest BCUT2D eigenvalue weighted by Crippen LogP contribution is 2.39. The van der Waals surface area contributed by atoms with E-state index in [-0.39, 0.29) is 17.3 Å². The number of anilines is 1. The maximum Gasteiger partial charge on any atom is 0.271 e. The van der Waals surface area contributed by atoms with Gasteiger partial charge >= 0.3 is 0 Å². The first-order valence-corrected chi connectivity index (χ1v) is 12.4. The second-order valence-electron chi connectivity index (χ2n) is 8.24. The van der Waals surface area contributed by atoms with Crippen LogP contribution < -0.4 is 14.2 Å². The third kappa shape index (κ3) is 4.82. The summed E-state index contributed by atoms with van der Waals surface area (Å²) in [6.07, 6.45) is 5.04. The lowest BCUT2D eigenvalue weighted by Crippen LogP contribution is -2.31. The van der Waals surface area contributed by atoms with E-state index in [2.05, 4.69) is 24.9 Å². The Hall–Kier alpha value is -2.89. The Morgan fingerprint density at radius 2 is 1.82 bits per heavy atom. The van der Waals surface area contributed by atoms with Crippen LogP contribution in [0.2, 0.25) is 0 Å². The highest BCUT2D eigenvalue weighted by Gasteiger charge is 2.33. The van der Waals surface area contributed by atoms with Gasteiger partial charge in [-0.3, -0.25) is 4.57 Å². The van der Waals surface area contributed by atoms with E-state index < -0.39 is 11.4 Å². The van der Waals surface area contributed by atoms with Gasteiger partial charge in [-0.05, 0) is 44.4 Å². The second-order valence-corrected chi connectivity index (χ2v) is 9.78. The van der Waals surface area contributed by atoms with Crippen LogP contribution in [-0.4, -0.2) is 55.4 Å². The number of methoxy groups -OCH3 is 2. The van der Waals surface area contributed by atoms with Crippen molar-refractivity contribution in [2.24, 2.45) is 0 Å². The fourth-order valence-electron chi connectivity index (χ4n) is 3.84. The monoisotopic (exact) mass is 486 g/mol. The first-order valence-electron chi connectivity index (χ1n) is 11.2. The molecule has 3 heterocycles. The molecule has 2 aromatic heterocycles. The molecular weight excluding hydrogens is 456 g/mol. The number of hydrogen-bond donors (Lipinski definition) is 1. The van der Waals surface area contributed by atoms with Gasteiger partial charge in [-0.25, -0.2) is 9.97 Å². The molecule has 4 rings (SSSR count). The summed E-state index contributed by atoms with van der Waals surface area (Å²) in [7, 11) is 3.18. The molecule has 1 fully saturated rings. The molecule has 0 spiro atoms. The van der Waals surface area contributed by atoms with E-state index in [1.165, 1.54) is 0 Å². The van der Waals surface area contributed by atoms with E-state index in [1.807, 2.05) is 39.0 Å². The maximum absolute atomic E-state index is 13.4. The number of aryl methyl sites for hydroxylation is 1. The molecule has 1 aromatic carbocycles. The number of aromatic nitrogens is 5. The Kier molecular flexibility index (Phi) is 7.54. The van der Waals surface area contributed by atoms with E-state index >= 15 is 0 Å².